The lowest BCUT2D eigenvalue weighted by Gasteiger charge is -2.22. The fourth-order valence-corrected chi connectivity index (χ4v) is 8.58. The Hall–Kier alpha value is -3.52. The van der Waals surface area contributed by atoms with Gasteiger partial charge in [0.05, 0.1) is 22.1 Å². The monoisotopic (exact) mass is 556 g/mol. The van der Waals surface area contributed by atoms with Crippen molar-refractivity contribution in [3.05, 3.63) is 77.9 Å². The molecule has 0 unspecified atom stereocenters. The van der Waals surface area contributed by atoms with Crippen LogP contribution in [0.5, 0.6) is 0 Å². The highest BCUT2D eigenvalue weighted by molar-refractivity contribution is 6.20. The first-order valence-electron chi connectivity index (χ1n) is 15.5. The van der Waals surface area contributed by atoms with Gasteiger partial charge in [-0.15, -0.1) is 0 Å². The second-order valence-corrected chi connectivity index (χ2v) is 13.5. The molecule has 4 aromatic carbocycles. The number of hydrogen-bond acceptors (Lipinski definition) is 0. The fraction of sp³-hybridized carbons (Fsp3) is 0.400. The lowest BCUT2D eigenvalue weighted by Crippen LogP contribution is -2.03. The van der Waals surface area contributed by atoms with Gasteiger partial charge in [0.2, 0.25) is 0 Å². The summed E-state index contributed by atoms with van der Waals surface area (Å²) in [4.78, 5) is 0. The van der Waals surface area contributed by atoms with Crippen LogP contribution < -0.4 is 0 Å². The maximum Gasteiger partial charge on any atom is 0.0574 e. The Bertz CT molecular complexity index is 2220. The molecule has 6 rings (SSSR count). The van der Waals surface area contributed by atoms with Crippen molar-refractivity contribution in [2.75, 3.05) is 0 Å². The molecule has 0 atom stereocenters. The predicted octanol–water partition coefficient (Wildman–Crippen LogP) is 11.0. The molecule has 2 aromatic heterocycles. The van der Waals surface area contributed by atoms with E-state index in [0.717, 1.165) is 0 Å². The summed E-state index contributed by atoms with van der Waals surface area (Å²) in [6.45, 7) is 32.6. The van der Waals surface area contributed by atoms with Crippen LogP contribution in [0.15, 0.2) is 0 Å². The molecule has 2 heteroatoms. The third-order valence-electron chi connectivity index (χ3n) is 12.0. The molecule has 218 valence electrons. The molecule has 0 bridgehead atoms. The second kappa shape index (κ2) is 8.99. The van der Waals surface area contributed by atoms with Crippen LogP contribution in [0.2, 0.25) is 0 Å². The van der Waals surface area contributed by atoms with Crippen molar-refractivity contribution < 1.29 is 0 Å². The lowest BCUT2D eigenvalue weighted by molar-refractivity contribution is 0.995. The minimum absolute atomic E-state index is 1.38. The maximum absolute atomic E-state index is 2.52. The quantitative estimate of drug-likeness (QED) is 0.191. The van der Waals surface area contributed by atoms with Gasteiger partial charge in [-0.25, -0.2) is 0 Å². The minimum Gasteiger partial charge on any atom is -0.343 e. The van der Waals surface area contributed by atoms with Crippen LogP contribution in [0, 0.1) is 96.9 Å². The Morgan fingerprint density at radius 2 is 0.500 bits per heavy atom. The van der Waals surface area contributed by atoms with E-state index >= 15 is 0 Å². The summed E-state index contributed by atoms with van der Waals surface area (Å²) >= 11 is 0. The number of benzene rings is 4. The van der Waals surface area contributed by atoms with Crippen LogP contribution in [0.1, 0.15) is 77.9 Å². The van der Waals surface area contributed by atoms with Crippen molar-refractivity contribution in [3.63, 3.8) is 0 Å². The first kappa shape index (κ1) is 28.6. The van der Waals surface area contributed by atoms with Crippen LogP contribution in [-0.2, 0) is 14.1 Å². The van der Waals surface area contributed by atoms with E-state index in [2.05, 4.69) is 120 Å². The summed E-state index contributed by atoms with van der Waals surface area (Å²) < 4.78 is 5.02. The van der Waals surface area contributed by atoms with E-state index in [1.807, 2.05) is 0 Å². The zero-order valence-electron chi connectivity index (χ0n) is 28.9. The van der Waals surface area contributed by atoms with Crippen molar-refractivity contribution in [2.24, 2.45) is 14.1 Å². The molecule has 42 heavy (non-hydrogen) atoms. The number of hydrogen-bond donors (Lipinski definition) is 0. The molecule has 0 fully saturated rings. The Kier molecular flexibility index (Phi) is 6.12. The van der Waals surface area contributed by atoms with Gasteiger partial charge in [-0.05, 0) is 180 Å². The Morgan fingerprint density at radius 1 is 0.238 bits per heavy atom. The van der Waals surface area contributed by atoms with Crippen LogP contribution in [0.25, 0.3) is 54.7 Å². The molecule has 0 aliphatic carbocycles. The molecule has 2 heterocycles. The summed E-state index contributed by atoms with van der Waals surface area (Å²) in [7, 11) is 4.59. The molecule has 0 aliphatic rings. The molecular formula is C40H48N2. The third-order valence-corrected chi connectivity index (χ3v) is 12.0. The van der Waals surface area contributed by atoms with Gasteiger partial charge in [-0.2, -0.15) is 0 Å². The van der Waals surface area contributed by atoms with Crippen LogP contribution in [0.4, 0.5) is 0 Å². The minimum atomic E-state index is 1.38. The van der Waals surface area contributed by atoms with Gasteiger partial charge in [0.25, 0.3) is 0 Å². The van der Waals surface area contributed by atoms with Gasteiger partial charge < -0.3 is 9.13 Å². The zero-order valence-corrected chi connectivity index (χ0v) is 28.9. The van der Waals surface area contributed by atoms with Crippen LogP contribution >= 0.6 is 0 Å². The van der Waals surface area contributed by atoms with Crippen molar-refractivity contribution in [3.8, 4) is 11.1 Å². The second-order valence-electron chi connectivity index (χ2n) is 13.5. The van der Waals surface area contributed by atoms with E-state index in [0.29, 0.717) is 0 Å². The van der Waals surface area contributed by atoms with E-state index < -0.39 is 0 Å². The highest BCUT2D eigenvalue weighted by Crippen LogP contribution is 2.49. The SMILES string of the molecule is Cc1c(C)c(C)c2c(c1C)c1c(C)c(C)c(-c3c(C)c(C)c(C)c4c5c(C)c(C)c(C)c(C)c5n(C)c34)c(C)c1n2C. The van der Waals surface area contributed by atoms with E-state index in [1.165, 1.54) is 133 Å². The standard InChI is InChI=1S/C40H48N2/c1-17-19(3)28(12)37-33(22(17)6)35-27(11)26(10)31(30(14)39(35)41(37)15)32-24(8)21(5)25(9)36-34-23(7)18(2)20(4)29(13)38(34)42(16)40(32)36/h1-16H3. The van der Waals surface area contributed by atoms with Crippen LogP contribution in [0.3, 0.4) is 0 Å². The first-order valence-corrected chi connectivity index (χ1v) is 15.5. The highest BCUT2D eigenvalue weighted by Gasteiger charge is 2.28. The first-order chi connectivity index (χ1) is 19.6. The smallest absolute Gasteiger partial charge is 0.0574 e. The largest absolute Gasteiger partial charge is 0.343 e. The summed E-state index contributed by atoms with van der Waals surface area (Å²) in [6.07, 6.45) is 0. The van der Waals surface area contributed by atoms with Gasteiger partial charge in [0.1, 0.15) is 0 Å². The normalized spacial score (nSPS) is 12.3. The summed E-state index contributed by atoms with van der Waals surface area (Å²) in [5, 5.41) is 5.74. The molecule has 0 radical (unpaired) electrons. The van der Waals surface area contributed by atoms with Crippen LogP contribution in [-0.4, -0.2) is 9.13 Å². The van der Waals surface area contributed by atoms with Crippen molar-refractivity contribution in [1.82, 2.24) is 9.13 Å². The molecule has 0 spiro atoms. The molecule has 0 saturated heterocycles. The molecule has 2 nitrogen and oxygen atoms in total. The van der Waals surface area contributed by atoms with Gasteiger partial charge >= 0.3 is 0 Å². The molecule has 0 saturated carbocycles. The van der Waals surface area contributed by atoms with Gasteiger partial charge in [-0.1, -0.05) is 0 Å². The van der Waals surface area contributed by atoms with E-state index in [9.17, 15) is 0 Å². The summed E-state index contributed by atoms with van der Waals surface area (Å²) in [5.74, 6) is 0. The van der Waals surface area contributed by atoms with Gasteiger partial charge in [0.15, 0.2) is 0 Å². The molecular weight excluding hydrogens is 508 g/mol. The van der Waals surface area contributed by atoms with E-state index in [1.54, 1.807) is 0 Å². The average molecular weight is 557 g/mol. The summed E-state index contributed by atoms with van der Waals surface area (Å²) in [5.41, 5.74) is 28.1. The summed E-state index contributed by atoms with van der Waals surface area (Å²) in [6, 6.07) is 0. The highest BCUT2D eigenvalue weighted by atomic mass is 15.0. The molecule has 0 N–H and O–H groups in total. The number of aryl methyl sites for hydroxylation is 9. The van der Waals surface area contributed by atoms with Gasteiger partial charge in [-0.3, -0.25) is 0 Å². The Labute approximate surface area is 252 Å². The Balaban J connectivity index is 1.93. The molecule has 0 aliphatic heterocycles. The zero-order chi connectivity index (χ0) is 31.0. The third kappa shape index (κ3) is 3.16. The predicted molar refractivity (Wildman–Crippen MR) is 186 cm³/mol. The average Bonchev–Trinajstić information content (AvgIpc) is 3.43. The van der Waals surface area contributed by atoms with Crippen molar-refractivity contribution in [2.45, 2.75) is 96.9 Å². The number of aromatic nitrogens is 2. The molecule has 6 aromatic rings. The fourth-order valence-electron chi connectivity index (χ4n) is 8.58. The number of nitrogens with zero attached hydrogens (tertiary/aromatic N) is 2. The Morgan fingerprint density at radius 3 is 0.929 bits per heavy atom. The lowest BCUT2D eigenvalue weighted by atomic mass is 9.83. The van der Waals surface area contributed by atoms with E-state index in [-0.39, 0.29) is 0 Å². The molecule has 0 amide bonds. The van der Waals surface area contributed by atoms with Crippen molar-refractivity contribution in [1.29, 1.82) is 0 Å². The number of rotatable bonds is 1. The van der Waals surface area contributed by atoms with E-state index in [4.69, 9.17) is 0 Å². The van der Waals surface area contributed by atoms with Crippen molar-refractivity contribution >= 4 is 43.6 Å². The topological polar surface area (TPSA) is 9.86 Å². The number of fused-ring (bicyclic) bond motifs is 6. The maximum atomic E-state index is 2.52. The van der Waals surface area contributed by atoms with Gasteiger partial charge in [0, 0.05) is 41.2 Å².